The molecule has 0 bridgehead atoms. The first-order valence-electron chi connectivity index (χ1n) is 9.85. The number of ether oxygens (including phenoxy) is 1. The lowest BCUT2D eigenvalue weighted by Gasteiger charge is -2.18. The maximum absolute atomic E-state index is 12.7. The van der Waals surface area contributed by atoms with E-state index in [0.29, 0.717) is 17.5 Å². The molecule has 0 heterocycles. The van der Waals surface area contributed by atoms with Crippen molar-refractivity contribution in [3.8, 4) is 0 Å². The van der Waals surface area contributed by atoms with Crippen molar-refractivity contribution >= 4 is 23.1 Å². The van der Waals surface area contributed by atoms with Gasteiger partial charge in [0.05, 0.1) is 6.61 Å². The molecule has 0 aromatic heterocycles. The average Bonchev–Trinajstić information content (AvgIpc) is 2.70. The number of halogens is 1. The van der Waals surface area contributed by atoms with Gasteiger partial charge in [-0.05, 0) is 48.4 Å². The van der Waals surface area contributed by atoms with E-state index in [4.69, 9.17) is 22.1 Å². The van der Waals surface area contributed by atoms with Crippen molar-refractivity contribution in [1.29, 1.82) is 0 Å². The Balaban J connectivity index is 2.24. The zero-order valence-electron chi connectivity index (χ0n) is 16.3. The summed E-state index contributed by atoms with van der Waals surface area (Å²) in [5, 5.41) is 0.651. The molecule has 1 atom stereocenters. The molecule has 0 fully saturated rings. The highest BCUT2D eigenvalue weighted by Crippen LogP contribution is 2.31. The lowest BCUT2D eigenvalue weighted by Crippen LogP contribution is -2.21. The first kappa shape index (κ1) is 21.3. The minimum atomic E-state index is -0.439. The van der Waals surface area contributed by atoms with E-state index in [2.05, 4.69) is 19.9 Å². The Labute approximate surface area is 167 Å². The number of rotatable bonds is 9. The van der Waals surface area contributed by atoms with Crippen LogP contribution in [0.5, 0.6) is 0 Å². The third-order valence-corrected chi connectivity index (χ3v) is 5.20. The second-order valence-corrected chi connectivity index (χ2v) is 7.41. The van der Waals surface area contributed by atoms with E-state index in [1.165, 1.54) is 0 Å². The first-order chi connectivity index (χ1) is 13.1. The third-order valence-electron chi connectivity index (χ3n) is 4.95. The van der Waals surface area contributed by atoms with Gasteiger partial charge < -0.3 is 10.5 Å². The Morgan fingerprint density at radius 3 is 2.59 bits per heavy atom. The van der Waals surface area contributed by atoms with Crippen LogP contribution in [0.2, 0.25) is 5.02 Å². The van der Waals surface area contributed by atoms with Crippen LogP contribution in [-0.2, 0) is 9.53 Å². The highest BCUT2D eigenvalue weighted by atomic mass is 35.5. The molecule has 0 spiro atoms. The maximum Gasteiger partial charge on any atom is 0.354 e. The molecule has 0 aliphatic heterocycles. The van der Waals surface area contributed by atoms with Gasteiger partial charge >= 0.3 is 5.97 Å². The zero-order chi connectivity index (χ0) is 19.6. The van der Waals surface area contributed by atoms with E-state index < -0.39 is 5.97 Å². The number of carbonyl (C=O) groups is 1. The van der Waals surface area contributed by atoms with Crippen molar-refractivity contribution in [2.45, 2.75) is 52.4 Å². The molecule has 0 saturated carbocycles. The van der Waals surface area contributed by atoms with E-state index in [1.54, 1.807) is 0 Å². The van der Waals surface area contributed by atoms with Gasteiger partial charge in [0.25, 0.3) is 0 Å². The smallest absolute Gasteiger partial charge is 0.354 e. The van der Waals surface area contributed by atoms with Gasteiger partial charge in [-0.25, -0.2) is 4.79 Å². The number of allylic oxidation sites excluding steroid dienone is 5. The summed E-state index contributed by atoms with van der Waals surface area (Å²) in [4.78, 5) is 12.7. The molecule has 27 heavy (non-hydrogen) atoms. The van der Waals surface area contributed by atoms with Crippen LogP contribution in [0.15, 0.2) is 53.8 Å². The van der Waals surface area contributed by atoms with Crippen LogP contribution in [-0.4, -0.2) is 12.6 Å². The highest BCUT2D eigenvalue weighted by Gasteiger charge is 2.20. The Hall–Kier alpha value is -2.00. The topological polar surface area (TPSA) is 52.3 Å². The number of benzene rings is 1. The number of unbranched alkanes of at least 4 members (excludes halogenated alkanes) is 1. The van der Waals surface area contributed by atoms with Crippen molar-refractivity contribution in [3.05, 3.63) is 64.3 Å². The monoisotopic (exact) mass is 387 g/mol. The van der Waals surface area contributed by atoms with E-state index in [1.807, 2.05) is 36.4 Å². The Morgan fingerprint density at radius 2 is 2.00 bits per heavy atom. The minimum Gasteiger partial charge on any atom is -0.461 e. The van der Waals surface area contributed by atoms with Crippen molar-refractivity contribution in [2.75, 3.05) is 6.61 Å². The fraction of sp³-hybridized carbons (Fsp3) is 0.435. The number of esters is 1. The van der Waals surface area contributed by atoms with Gasteiger partial charge in [-0.3, -0.25) is 0 Å². The lowest BCUT2D eigenvalue weighted by atomic mass is 9.90. The van der Waals surface area contributed by atoms with Crippen LogP contribution in [0.3, 0.4) is 0 Å². The summed E-state index contributed by atoms with van der Waals surface area (Å²) in [5.74, 6) is -0.0529. The molecule has 1 aliphatic carbocycles. The van der Waals surface area contributed by atoms with Gasteiger partial charge in [-0.2, -0.15) is 0 Å². The van der Waals surface area contributed by atoms with E-state index in [0.717, 1.165) is 55.2 Å². The van der Waals surface area contributed by atoms with E-state index >= 15 is 0 Å². The van der Waals surface area contributed by atoms with Gasteiger partial charge in [0, 0.05) is 10.6 Å². The van der Waals surface area contributed by atoms with Crippen molar-refractivity contribution in [1.82, 2.24) is 0 Å². The van der Waals surface area contributed by atoms with Gasteiger partial charge in [-0.15, -0.1) is 0 Å². The molecule has 2 N–H and O–H groups in total. The van der Waals surface area contributed by atoms with Crippen LogP contribution in [0, 0.1) is 5.92 Å². The quantitative estimate of drug-likeness (QED) is 0.414. The molecule has 0 amide bonds. The number of hydrogen-bond acceptors (Lipinski definition) is 3. The molecular formula is C23H30ClNO2. The summed E-state index contributed by atoms with van der Waals surface area (Å²) in [6.07, 6.45) is 12.3. The maximum atomic E-state index is 12.7. The minimum absolute atomic E-state index is 0.171. The molecule has 0 saturated heterocycles. The van der Waals surface area contributed by atoms with Crippen LogP contribution < -0.4 is 5.73 Å². The highest BCUT2D eigenvalue weighted by molar-refractivity contribution is 6.30. The average molecular weight is 388 g/mol. The van der Waals surface area contributed by atoms with Gasteiger partial charge in [0.15, 0.2) is 0 Å². The van der Waals surface area contributed by atoms with Crippen LogP contribution >= 0.6 is 11.6 Å². The molecule has 1 aliphatic rings. The summed E-state index contributed by atoms with van der Waals surface area (Å²) in [6, 6.07) is 7.42. The Morgan fingerprint density at radius 1 is 1.26 bits per heavy atom. The molecule has 3 nitrogen and oxygen atoms in total. The lowest BCUT2D eigenvalue weighted by molar-refractivity contribution is -0.140. The fourth-order valence-electron chi connectivity index (χ4n) is 3.21. The molecule has 0 radical (unpaired) electrons. The van der Waals surface area contributed by atoms with Crippen molar-refractivity contribution in [2.24, 2.45) is 11.7 Å². The Kier molecular flexibility index (Phi) is 8.66. The summed E-state index contributed by atoms with van der Waals surface area (Å²) in [5.41, 5.74) is 9.15. The van der Waals surface area contributed by atoms with E-state index in [-0.39, 0.29) is 5.70 Å². The normalized spacial score (nSPS) is 15.7. The summed E-state index contributed by atoms with van der Waals surface area (Å²) in [7, 11) is 0. The summed E-state index contributed by atoms with van der Waals surface area (Å²) >= 11 is 6.02. The third kappa shape index (κ3) is 6.28. The Bertz CT molecular complexity index is 716. The predicted octanol–water partition coefficient (Wildman–Crippen LogP) is 6.05. The molecular weight excluding hydrogens is 358 g/mol. The second-order valence-electron chi connectivity index (χ2n) is 6.97. The number of hydrogen-bond donors (Lipinski definition) is 1. The molecule has 1 aromatic rings. The molecule has 1 aromatic carbocycles. The number of nitrogens with two attached hydrogens (primary N) is 1. The largest absolute Gasteiger partial charge is 0.461 e. The van der Waals surface area contributed by atoms with Crippen LogP contribution in [0.1, 0.15) is 57.9 Å². The van der Waals surface area contributed by atoms with Gasteiger partial charge in [0.2, 0.25) is 0 Å². The van der Waals surface area contributed by atoms with Crippen molar-refractivity contribution in [3.63, 3.8) is 0 Å². The van der Waals surface area contributed by atoms with Crippen LogP contribution in [0.25, 0.3) is 5.57 Å². The number of carbonyl (C=O) groups excluding carboxylic acids is 1. The fourth-order valence-corrected chi connectivity index (χ4v) is 3.34. The van der Waals surface area contributed by atoms with Crippen molar-refractivity contribution < 1.29 is 9.53 Å². The summed E-state index contributed by atoms with van der Waals surface area (Å²) in [6.45, 7) is 4.72. The predicted molar refractivity (Wildman–Crippen MR) is 113 cm³/mol. The first-order valence-corrected chi connectivity index (χ1v) is 10.2. The molecule has 1 unspecified atom stereocenters. The SMILES string of the molecule is CCCCC(CC)COC(=O)/C(N)=C(/C1=CC=CCC1)c1ccc(Cl)cc1. The van der Waals surface area contributed by atoms with Gasteiger partial charge in [0.1, 0.15) is 5.70 Å². The molecule has 146 valence electrons. The standard InChI is InChI=1S/C23H30ClNO2/c1-3-5-9-17(4-2)16-27-23(26)22(25)21(18-10-7-6-8-11-18)19-12-14-20(24)15-13-19/h6-7,10,12-15,17H,3-5,8-9,11,16,25H2,1-2H3/b22-21+. The summed E-state index contributed by atoms with van der Waals surface area (Å²) < 4.78 is 5.58. The second kappa shape index (κ2) is 11.0. The van der Waals surface area contributed by atoms with E-state index in [9.17, 15) is 4.79 Å². The zero-order valence-corrected chi connectivity index (χ0v) is 17.1. The van der Waals surface area contributed by atoms with Crippen LogP contribution in [0.4, 0.5) is 0 Å². The van der Waals surface area contributed by atoms with Gasteiger partial charge in [-0.1, -0.05) is 75.1 Å². The molecule has 4 heteroatoms. The molecule has 2 rings (SSSR count).